The molecule has 1 unspecified atom stereocenters. The third-order valence-corrected chi connectivity index (χ3v) is 7.12. The number of hydrogen-bond acceptors (Lipinski definition) is 5. The molecule has 25 heavy (non-hydrogen) atoms. The first-order chi connectivity index (χ1) is 11.9. The Morgan fingerprint density at radius 2 is 1.96 bits per heavy atom. The molecule has 0 N–H and O–H groups in total. The van der Waals surface area contributed by atoms with E-state index in [0.717, 1.165) is 25.2 Å². The molecule has 1 aliphatic rings. The fourth-order valence-corrected chi connectivity index (χ4v) is 4.89. The molecule has 1 amide bonds. The number of carbonyl (C=O) groups excluding carboxylic acids is 1. The van der Waals surface area contributed by atoms with Gasteiger partial charge < -0.3 is 9.64 Å². The zero-order valence-electron chi connectivity index (χ0n) is 14.9. The van der Waals surface area contributed by atoms with Crippen molar-refractivity contribution in [1.29, 1.82) is 0 Å². The fourth-order valence-electron chi connectivity index (χ4n) is 2.78. The summed E-state index contributed by atoms with van der Waals surface area (Å²) in [5.74, 6) is 0.979. The summed E-state index contributed by atoms with van der Waals surface area (Å²) >= 11 is 1.60. The molecule has 0 radical (unpaired) electrons. The van der Waals surface area contributed by atoms with E-state index in [1.165, 1.54) is 11.1 Å². The lowest BCUT2D eigenvalue weighted by Crippen LogP contribution is -2.46. The maximum atomic E-state index is 12.5. The number of amides is 1. The topological polar surface area (TPSA) is 63.7 Å². The number of hydrogen-bond donors (Lipinski definition) is 0. The molecule has 7 heteroatoms. The number of methoxy groups -OCH3 is 1. The predicted octanol–water partition coefficient (Wildman–Crippen LogP) is 2.14. The van der Waals surface area contributed by atoms with Crippen LogP contribution in [0.2, 0.25) is 0 Å². The first kappa shape index (κ1) is 20.3. The molecule has 1 heterocycles. The molecule has 0 aromatic heterocycles. The van der Waals surface area contributed by atoms with Crippen molar-refractivity contribution in [3.05, 3.63) is 35.4 Å². The van der Waals surface area contributed by atoms with Crippen LogP contribution in [0.3, 0.4) is 0 Å². The van der Waals surface area contributed by atoms with E-state index in [4.69, 9.17) is 4.74 Å². The zero-order valence-corrected chi connectivity index (χ0v) is 16.6. The number of nitrogens with zero attached hydrogens (tertiary/aromatic N) is 1. The Balaban J connectivity index is 1.82. The second kappa shape index (κ2) is 9.59. The third-order valence-electron chi connectivity index (χ3n) is 4.31. The molecule has 1 atom stereocenters. The highest BCUT2D eigenvalue weighted by atomic mass is 32.2. The van der Waals surface area contributed by atoms with E-state index in [-0.39, 0.29) is 22.7 Å². The van der Waals surface area contributed by atoms with Gasteiger partial charge in [-0.25, -0.2) is 8.42 Å². The van der Waals surface area contributed by atoms with Crippen LogP contribution >= 0.6 is 11.8 Å². The van der Waals surface area contributed by atoms with Crippen LogP contribution in [-0.4, -0.2) is 62.8 Å². The SMILES string of the molecule is COCCCc1cccc(CSC(C)C(=O)N2CCS(=O)(=O)CC2)c1. The number of ether oxygens (including phenoxy) is 1. The largest absolute Gasteiger partial charge is 0.385 e. The van der Waals surface area contributed by atoms with Crippen molar-refractivity contribution in [2.45, 2.75) is 30.8 Å². The van der Waals surface area contributed by atoms with Crippen LogP contribution in [0.1, 0.15) is 24.5 Å². The van der Waals surface area contributed by atoms with E-state index in [9.17, 15) is 13.2 Å². The minimum atomic E-state index is -2.95. The smallest absolute Gasteiger partial charge is 0.235 e. The summed E-state index contributed by atoms with van der Waals surface area (Å²) in [6, 6.07) is 8.44. The number of aryl methyl sites for hydroxylation is 1. The lowest BCUT2D eigenvalue weighted by molar-refractivity contribution is -0.129. The molecule has 2 rings (SSSR count). The lowest BCUT2D eigenvalue weighted by atomic mass is 10.1. The Morgan fingerprint density at radius 1 is 1.28 bits per heavy atom. The molecule has 1 aliphatic heterocycles. The van der Waals surface area contributed by atoms with Gasteiger partial charge >= 0.3 is 0 Å². The van der Waals surface area contributed by atoms with Crippen LogP contribution in [-0.2, 0) is 31.5 Å². The van der Waals surface area contributed by atoms with E-state index < -0.39 is 9.84 Å². The van der Waals surface area contributed by atoms with Crippen molar-refractivity contribution in [3.63, 3.8) is 0 Å². The highest BCUT2D eigenvalue weighted by Gasteiger charge is 2.27. The van der Waals surface area contributed by atoms with Crippen LogP contribution < -0.4 is 0 Å². The Morgan fingerprint density at radius 3 is 2.64 bits per heavy atom. The van der Waals surface area contributed by atoms with Crippen LogP contribution in [0.15, 0.2) is 24.3 Å². The summed E-state index contributed by atoms with van der Waals surface area (Å²) in [5.41, 5.74) is 2.50. The number of benzene rings is 1. The van der Waals surface area contributed by atoms with Crippen LogP contribution in [0, 0.1) is 0 Å². The summed E-state index contributed by atoms with van der Waals surface area (Å²) in [6.45, 7) is 3.30. The minimum absolute atomic E-state index is 0.0381. The number of rotatable bonds is 8. The summed E-state index contributed by atoms with van der Waals surface area (Å²) in [4.78, 5) is 14.1. The third kappa shape index (κ3) is 6.64. The van der Waals surface area contributed by atoms with E-state index >= 15 is 0 Å². The normalized spacial score (nSPS) is 18.1. The Kier molecular flexibility index (Phi) is 7.78. The van der Waals surface area contributed by atoms with Crippen LogP contribution in [0.5, 0.6) is 0 Å². The molecule has 1 saturated heterocycles. The van der Waals surface area contributed by atoms with E-state index in [1.807, 2.05) is 6.92 Å². The number of carbonyl (C=O) groups is 1. The van der Waals surface area contributed by atoms with Gasteiger partial charge in [-0.05, 0) is 30.9 Å². The molecule has 0 spiro atoms. The maximum absolute atomic E-state index is 12.5. The molecule has 0 saturated carbocycles. The molecule has 140 valence electrons. The van der Waals surface area contributed by atoms with Gasteiger partial charge in [0.05, 0.1) is 16.8 Å². The van der Waals surface area contributed by atoms with Gasteiger partial charge in [0.2, 0.25) is 5.91 Å². The van der Waals surface area contributed by atoms with Gasteiger partial charge in [0, 0.05) is 32.6 Å². The highest BCUT2D eigenvalue weighted by Crippen LogP contribution is 2.21. The van der Waals surface area contributed by atoms with Gasteiger partial charge in [0.1, 0.15) is 0 Å². The molecule has 1 aromatic rings. The van der Waals surface area contributed by atoms with Gasteiger partial charge in [0.15, 0.2) is 9.84 Å². The van der Waals surface area contributed by atoms with Gasteiger partial charge in [-0.2, -0.15) is 0 Å². The number of thioether (sulfide) groups is 1. The van der Waals surface area contributed by atoms with Gasteiger partial charge in [-0.1, -0.05) is 24.3 Å². The average Bonchev–Trinajstić information content (AvgIpc) is 2.60. The standard InChI is InChI=1S/C18H27NO4S2/c1-15(18(20)19-8-11-25(21,22)12-9-19)24-14-17-6-3-5-16(13-17)7-4-10-23-2/h3,5-6,13,15H,4,7-12,14H2,1-2H3. The van der Waals surface area contributed by atoms with E-state index in [1.54, 1.807) is 23.8 Å². The van der Waals surface area contributed by atoms with Crippen molar-refractivity contribution in [3.8, 4) is 0 Å². The highest BCUT2D eigenvalue weighted by molar-refractivity contribution is 7.99. The average molecular weight is 386 g/mol. The van der Waals surface area contributed by atoms with Gasteiger partial charge in [0.25, 0.3) is 0 Å². The van der Waals surface area contributed by atoms with Gasteiger partial charge in [-0.15, -0.1) is 11.8 Å². The van der Waals surface area contributed by atoms with Crippen molar-refractivity contribution < 1.29 is 17.9 Å². The second-order valence-corrected chi connectivity index (χ2v) is 9.98. The lowest BCUT2D eigenvalue weighted by Gasteiger charge is -2.29. The van der Waals surface area contributed by atoms with Crippen LogP contribution in [0.25, 0.3) is 0 Å². The summed E-state index contributed by atoms with van der Waals surface area (Å²) in [6.07, 6.45) is 1.99. The Bertz CT molecular complexity index is 661. The molecule has 1 aromatic carbocycles. The van der Waals surface area contributed by atoms with Gasteiger partial charge in [-0.3, -0.25) is 4.79 Å². The monoisotopic (exact) mass is 385 g/mol. The summed E-state index contributed by atoms with van der Waals surface area (Å²) in [5, 5.41) is -0.169. The van der Waals surface area contributed by atoms with Crippen molar-refractivity contribution in [1.82, 2.24) is 4.90 Å². The Labute approximate surface area is 155 Å². The molecular weight excluding hydrogens is 358 g/mol. The van der Waals surface area contributed by atoms with E-state index in [2.05, 4.69) is 24.3 Å². The van der Waals surface area contributed by atoms with Crippen LogP contribution in [0.4, 0.5) is 0 Å². The molecular formula is C18H27NO4S2. The Hall–Kier alpha value is -1.05. The minimum Gasteiger partial charge on any atom is -0.385 e. The van der Waals surface area contributed by atoms with Crippen molar-refractivity contribution in [2.75, 3.05) is 38.3 Å². The van der Waals surface area contributed by atoms with E-state index in [0.29, 0.717) is 13.1 Å². The maximum Gasteiger partial charge on any atom is 0.235 e. The first-order valence-corrected chi connectivity index (χ1v) is 11.5. The quantitative estimate of drug-likeness (QED) is 0.642. The summed E-state index contributed by atoms with van der Waals surface area (Å²) in [7, 11) is -1.24. The second-order valence-electron chi connectivity index (χ2n) is 6.35. The predicted molar refractivity (Wildman–Crippen MR) is 103 cm³/mol. The molecule has 1 fully saturated rings. The molecule has 0 bridgehead atoms. The molecule has 5 nitrogen and oxygen atoms in total. The van der Waals surface area contributed by atoms with Crippen molar-refractivity contribution >= 4 is 27.5 Å². The fraction of sp³-hybridized carbons (Fsp3) is 0.611. The number of sulfone groups is 1. The first-order valence-electron chi connectivity index (χ1n) is 8.59. The zero-order chi connectivity index (χ0) is 18.3. The van der Waals surface area contributed by atoms with Crippen molar-refractivity contribution in [2.24, 2.45) is 0 Å². The molecule has 0 aliphatic carbocycles. The summed E-state index contributed by atoms with van der Waals surface area (Å²) < 4.78 is 28.0.